The Balaban J connectivity index is 1.68. The number of carbonyl (C=O) groups excluding carboxylic acids is 2. The van der Waals surface area contributed by atoms with Crippen LogP contribution in [0.5, 0.6) is 0 Å². The minimum atomic E-state index is -0.599. The zero-order valence-electron chi connectivity index (χ0n) is 15.0. The molecule has 2 N–H and O–H groups in total. The molecule has 3 aromatic carbocycles. The standard InChI is InChI=1S/C21H17N3O4/c1-14-6-8-15(9-7-14)20(25)22-16-10-12-17(13-11-16)23-21(26)18-4-2-3-5-19(18)24(27)28/h2-13H,1H3,(H,22,25)(H,23,26). The Kier molecular flexibility index (Phi) is 5.45. The second-order valence-electron chi connectivity index (χ2n) is 6.13. The van der Waals surface area contributed by atoms with Gasteiger partial charge in [0.15, 0.2) is 0 Å². The summed E-state index contributed by atoms with van der Waals surface area (Å²) in [5, 5.41) is 16.4. The molecule has 0 saturated heterocycles. The molecule has 0 radical (unpaired) electrons. The first kappa shape index (κ1) is 18.8. The average Bonchev–Trinajstić information content (AvgIpc) is 2.70. The highest BCUT2D eigenvalue weighted by Gasteiger charge is 2.19. The molecule has 0 atom stereocenters. The summed E-state index contributed by atoms with van der Waals surface area (Å²) < 4.78 is 0. The van der Waals surface area contributed by atoms with Crippen molar-refractivity contribution in [3.05, 3.63) is 99.6 Å². The maximum Gasteiger partial charge on any atom is 0.282 e. The van der Waals surface area contributed by atoms with Gasteiger partial charge in [-0.3, -0.25) is 19.7 Å². The molecule has 0 bridgehead atoms. The number of nitro benzene ring substituents is 1. The highest BCUT2D eigenvalue weighted by molar-refractivity contribution is 6.07. The van der Waals surface area contributed by atoms with Crippen molar-refractivity contribution < 1.29 is 14.5 Å². The Bertz CT molecular complexity index is 1030. The first-order chi connectivity index (χ1) is 13.4. The van der Waals surface area contributed by atoms with Gasteiger partial charge in [-0.2, -0.15) is 0 Å². The van der Waals surface area contributed by atoms with Crippen LogP contribution in [0.15, 0.2) is 72.8 Å². The predicted molar refractivity (Wildman–Crippen MR) is 107 cm³/mol. The van der Waals surface area contributed by atoms with Crippen LogP contribution < -0.4 is 10.6 Å². The molecule has 0 aliphatic carbocycles. The van der Waals surface area contributed by atoms with E-state index in [9.17, 15) is 19.7 Å². The Hall–Kier alpha value is -4.00. The number of carbonyl (C=O) groups is 2. The lowest BCUT2D eigenvalue weighted by Gasteiger charge is -2.08. The van der Waals surface area contributed by atoms with E-state index in [1.807, 2.05) is 19.1 Å². The van der Waals surface area contributed by atoms with Crippen molar-refractivity contribution in [2.24, 2.45) is 0 Å². The van der Waals surface area contributed by atoms with Gasteiger partial charge >= 0.3 is 0 Å². The van der Waals surface area contributed by atoms with Crippen LogP contribution in [0.4, 0.5) is 17.1 Å². The fourth-order valence-corrected chi connectivity index (χ4v) is 2.57. The summed E-state index contributed by atoms with van der Waals surface area (Å²) >= 11 is 0. The third kappa shape index (κ3) is 4.39. The number of hydrogen-bond acceptors (Lipinski definition) is 4. The third-order valence-electron chi connectivity index (χ3n) is 4.06. The number of nitrogens with one attached hydrogen (secondary N) is 2. The van der Waals surface area contributed by atoms with E-state index in [-0.39, 0.29) is 17.2 Å². The molecule has 0 spiro atoms. The maximum atomic E-state index is 12.3. The quantitative estimate of drug-likeness (QED) is 0.509. The largest absolute Gasteiger partial charge is 0.322 e. The van der Waals surface area contributed by atoms with Crippen LogP contribution in [-0.2, 0) is 0 Å². The number of rotatable bonds is 5. The van der Waals surface area contributed by atoms with Gasteiger partial charge in [-0.1, -0.05) is 29.8 Å². The number of anilines is 2. The fourth-order valence-electron chi connectivity index (χ4n) is 2.57. The molecule has 3 rings (SSSR count). The summed E-state index contributed by atoms with van der Waals surface area (Å²) in [7, 11) is 0. The highest BCUT2D eigenvalue weighted by atomic mass is 16.6. The van der Waals surface area contributed by atoms with E-state index in [0.29, 0.717) is 16.9 Å². The number of nitrogens with zero attached hydrogens (tertiary/aromatic N) is 1. The van der Waals surface area contributed by atoms with Gasteiger partial charge in [0.1, 0.15) is 5.56 Å². The lowest BCUT2D eigenvalue weighted by Crippen LogP contribution is -2.14. The minimum Gasteiger partial charge on any atom is -0.322 e. The first-order valence-corrected chi connectivity index (χ1v) is 8.47. The number of benzene rings is 3. The topological polar surface area (TPSA) is 101 Å². The monoisotopic (exact) mass is 375 g/mol. The van der Waals surface area contributed by atoms with Gasteiger partial charge in [0, 0.05) is 23.0 Å². The van der Waals surface area contributed by atoms with E-state index in [1.165, 1.54) is 18.2 Å². The lowest BCUT2D eigenvalue weighted by molar-refractivity contribution is -0.385. The fraction of sp³-hybridized carbons (Fsp3) is 0.0476. The molecular weight excluding hydrogens is 358 g/mol. The summed E-state index contributed by atoms with van der Waals surface area (Å²) in [6.45, 7) is 1.94. The van der Waals surface area contributed by atoms with Crippen LogP contribution in [0.2, 0.25) is 0 Å². The van der Waals surface area contributed by atoms with Crippen molar-refractivity contribution in [3.8, 4) is 0 Å². The molecule has 0 aliphatic rings. The summed E-state index contributed by atoms with van der Waals surface area (Å²) in [5.41, 5.74) is 2.34. The van der Waals surface area contributed by atoms with E-state index < -0.39 is 10.8 Å². The smallest absolute Gasteiger partial charge is 0.282 e. The van der Waals surface area contributed by atoms with Crippen LogP contribution in [0.3, 0.4) is 0 Å². The van der Waals surface area contributed by atoms with Crippen molar-refractivity contribution in [2.75, 3.05) is 10.6 Å². The van der Waals surface area contributed by atoms with Gasteiger partial charge in [-0.15, -0.1) is 0 Å². The molecule has 0 fully saturated rings. The van der Waals surface area contributed by atoms with Crippen molar-refractivity contribution in [2.45, 2.75) is 6.92 Å². The molecule has 7 heteroatoms. The number of amides is 2. The number of hydrogen-bond donors (Lipinski definition) is 2. The lowest BCUT2D eigenvalue weighted by atomic mass is 10.1. The van der Waals surface area contributed by atoms with E-state index in [1.54, 1.807) is 42.5 Å². The van der Waals surface area contributed by atoms with Crippen LogP contribution in [0, 0.1) is 17.0 Å². The van der Waals surface area contributed by atoms with Gasteiger partial charge in [0.2, 0.25) is 0 Å². The molecule has 0 saturated carbocycles. The molecule has 2 amide bonds. The van der Waals surface area contributed by atoms with E-state index in [4.69, 9.17) is 0 Å². The normalized spacial score (nSPS) is 10.2. The number of aryl methyl sites for hydroxylation is 1. The molecule has 3 aromatic rings. The first-order valence-electron chi connectivity index (χ1n) is 8.47. The molecular formula is C21H17N3O4. The molecule has 0 aromatic heterocycles. The number of nitro groups is 1. The molecule has 0 aliphatic heterocycles. The molecule has 0 heterocycles. The van der Waals surface area contributed by atoms with E-state index >= 15 is 0 Å². The Labute approximate surface area is 161 Å². The molecule has 28 heavy (non-hydrogen) atoms. The average molecular weight is 375 g/mol. The van der Waals surface area contributed by atoms with Gasteiger partial charge in [0.25, 0.3) is 17.5 Å². The van der Waals surface area contributed by atoms with Crippen molar-refractivity contribution in [1.82, 2.24) is 0 Å². The van der Waals surface area contributed by atoms with Crippen LogP contribution in [-0.4, -0.2) is 16.7 Å². The third-order valence-corrected chi connectivity index (χ3v) is 4.06. The summed E-state index contributed by atoms with van der Waals surface area (Å²) in [5.74, 6) is -0.819. The van der Waals surface area contributed by atoms with Crippen LogP contribution in [0.1, 0.15) is 26.3 Å². The van der Waals surface area contributed by atoms with Gasteiger partial charge in [-0.05, 0) is 49.4 Å². The van der Waals surface area contributed by atoms with Gasteiger partial charge < -0.3 is 10.6 Å². The SMILES string of the molecule is Cc1ccc(C(=O)Nc2ccc(NC(=O)c3ccccc3[N+](=O)[O-])cc2)cc1. The second-order valence-corrected chi connectivity index (χ2v) is 6.13. The van der Waals surface area contributed by atoms with Crippen LogP contribution in [0.25, 0.3) is 0 Å². The van der Waals surface area contributed by atoms with Crippen LogP contribution >= 0.6 is 0 Å². The Morgan fingerprint density at radius 2 is 1.32 bits per heavy atom. The van der Waals surface area contributed by atoms with Crippen molar-refractivity contribution in [1.29, 1.82) is 0 Å². The van der Waals surface area contributed by atoms with Gasteiger partial charge in [0.05, 0.1) is 4.92 Å². The highest BCUT2D eigenvalue weighted by Crippen LogP contribution is 2.20. The minimum absolute atomic E-state index is 0.0238. The zero-order valence-corrected chi connectivity index (χ0v) is 15.0. The maximum absolute atomic E-state index is 12.3. The molecule has 0 unspecified atom stereocenters. The summed E-state index contributed by atoms with van der Waals surface area (Å²) in [4.78, 5) is 35.0. The van der Waals surface area contributed by atoms with E-state index in [0.717, 1.165) is 5.56 Å². The number of para-hydroxylation sites is 1. The van der Waals surface area contributed by atoms with Gasteiger partial charge in [-0.25, -0.2) is 0 Å². The van der Waals surface area contributed by atoms with E-state index in [2.05, 4.69) is 10.6 Å². The molecule has 7 nitrogen and oxygen atoms in total. The Morgan fingerprint density at radius 1 is 0.786 bits per heavy atom. The predicted octanol–water partition coefficient (Wildman–Crippen LogP) is 4.41. The molecule has 140 valence electrons. The second kappa shape index (κ2) is 8.13. The van der Waals surface area contributed by atoms with Crippen molar-refractivity contribution >= 4 is 28.9 Å². The summed E-state index contributed by atoms with van der Waals surface area (Å²) in [6.07, 6.45) is 0. The summed E-state index contributed by atoms with van der Waals surface area (Å²) in [6, 6.07) is 19.4. The van der Waals surface area contributed by atoms with Crippen molar-refractivity contribution in [3.63, 3.8) is 0 Å². The zero-order chi connectivity index (χ0) is 20.1. The Morgan fingerprint density at radius 3 is 1.89 bits per heavy atom.